The van der Waals surface area contributed by atoms with E-state index in [1.165, 1.54) is 27.8 Å². The summed E-state index contributed by atoms with van der Waals surface area (Å²) in [5.41, 5.74) is 7.34. The Bertz CT molecular complexity index is 330. The Morgan fingerprint density at radius 3 is 1.11 bits per heavy atom. The van der Waals surface area contributed by atoms with Gasteiger partial charge >= 0.3 is 35.6 Å². The molecule has 0 amide bonds. The molecule has 0 aliphatic rings. The SMILES string of the molecule is Cc1c(C)c(C)[c-](C)c1C.[Cl][Ti][Cl].[cH-]1[cH-][cH-][cH-][cH-]1. The zero-order valence-corrected chi connectivity index (χ0v) is 14.7. The van der Waals surface area contributed by atoms with E-state index in [0.29, 0.717) is 0 Å². The van der Waals surface area contributed by atoms with Crippen LogP contribution < -0.4 is 0 Å². The molecule has 0 fully saturated rings. The van der Waals surface area contributed by atoms with Crippen molar-refractivity contribution in [3.05, 3.63) is 58.1 Å². The molecule has 0 spiro atoms. The van der Waals surface area contributed by atoms with Gasteiger partial charge in [-0.05, 0) is 0 Å². The second-order valence-electron chi connectivity index (χ2n) is 4.16. The first-order valence-electron chi connectivity index (χ1n) is 5.79. The minimum absolute atomic E-state index is 0.556. The third kappa shape index (κ3) is 5.76. The Balaban J connectivity index is 0.000000301. The Hall–Kier alpha value is -0.00571. The molecule has 2 aromatic rings. The second-order valence-corrected chi connectivity index (χ2v) is 6.74. The van der Waals surface area contributed by atoms with Crippen LogP contribution in [0.5, 0.6) is 0 Å². The Kier molecular flexibility index (Phi) is 9.86. The van der Waals surface area contributed by atoms with E-state index in [9.17, 15) is 0 Å². The van der Waals surface area contributed by atoms with Crippen molar-refractivity contribution in [2.75, 3.05) is 0 Å². The standard InChI is InChI=1S/C10H15.C5H5.2ClH.Ti/c1-6-7(2)9(4)10(5)8(6)3;1-2-4-5-3-1;;;/h1-5H3;1-5H;2*1H;/q-1;-5;;;+2/p-2. The summed E-state index contributed by atoms with van der Waals surface area (Å²) >= 11 is -0.556. The first-order chi connectivity index (χ1) is 8.47. The van der Waals surface area contributed by atoms with Crippen molar-refractivity contribution in [1.29, 1.82) is 0 Å². The third-order valence-electron chi connectivity index (χ3n) is 3.37. The molecule has 2 aromatic carbocycles. The molecule has 0 bridgehead atoms. The van der Waals surface area contributed by atoms with Crippen molar-refractivity contribution in [3.8, 4) is 0 Å². The van der Waals surface area contributed by atoms with Gasteiger partial charge in [-0.1, -0.05) is 34.6 Å². The molecule has 0 heterocycles. The average molecular weight is 319 g/mol. The maximum atomic E-state index is 4.89. The van der Waals surface area contributed by atoms with E-state index in [1.807, 2.05) is 30.3 Å². The van der Waals surface area contributed by atoms with Gasteiger partial charge in [-0.25, -0.2) is 0 Å². The Morgan fingerprint density at radius 1 is 0.778 bits per heavy atom. The van der Waals surface area contributed by atoms with Crippen LogP contribution in [-0.2, 0) is 17.0 Å². The van der Waals surface area contributed by atoms with Crippen molar-refractivity contribution in [2.24, 2.45) is 0 Å². The number of hydrogen-bond donors (Lipinski definition) is 0. The van der Waals surface area contributed by atoms with Gasteiger partial charge in [0.05, 0.1) is 0 Å². The summed E-state index contributed by atoms with van der Waals surface area (Å²) < 4.78 is 0. The third-order valence-corrected chi connectivity index (χ3v) is 3.37. The van der Waals surface area contributed by atoms with Crippen LogP contribution in [0.15, 0.2) is 30.3 Å². The number of halogens is 2. The van der Waals surface area contributed by atoms with Gasteiger partial charge in [0.25, 0.3) is 0 Å². The monoisotopic (exact) mass is 318 g/mol. The maximum Gasteiger partial charge on any atom is -0.748 e. The molecule has 0 radical (unpaired) electrons. The first-order valence-corrected chi connectivity index (χ1v) is 10.1. The van der Waals surface area contributed by atoms with Crippen LogP contribution >= 0.6 is 18.6 Å². The van der Waals surface area contributed by atoms with E-state index < -0.39 is 17.0 Å². The molecule has 104 valence electrons. The van der Waals surface area contributed by atoms with Crippen LogP contribution in [0.4, 0.5) is 0 Å². The van der Waals surface area contributed by atoms with Crippen LogP contribution in [0.1, 0.15) is 27.8 Å². The van der Waals surface area contributed by atoms with Crippen molar-refractivity contribution in [3.63, 3.8) is 0 Å². The van der Waals surface area contributed by atoms with Gasteiger partial charge in [-0.2, -0.15) is 27.8 Å². The van der Waals surface area contributed by atoms with Crippen molar-refractivity contribution in [1.82, 2.24) is 0 Å². The summed E-state index contributed by atoms with van der Waals surface area (Å²) in [6, 6.07) is 10.0. The van der Waals surface area contributed by atoms with E-state index in [-0.39, 0.29) is 0 Å². The second kappa shape index (κ2) is 9.86. The van der Waals surface area contributed by atoms with Gasteiger partial charge in [-0.3, -0.25) is 0 Å². The summed E-state index contributed by atoms with van der Waals surface area (Å²) in [6.07, 6.45) is 0. The molecule has 0 saturated carbocycles. The zero-order chi connectivity index (χ0) is 14.1. The van der Waals surface area contributed by atoms with Crippen molar-refractivity contribution >= 4 is 18.6 Å². The van der Waals surface area contributed by atoms with E-state index in [4.69, 9.17) is 18.6 Å². The molecule has 0 N–H and O–H groups in total. The molecule has 18 heavy (non-hydrogen) atoms. The van der Waals surface area contributed by atoms with Gasteiger partial charge in [0.15, 0.2) is 0 Å². The minimum Gasteiger partial charge on any atom is -0.748 e. The van der Waals surface area contributed by atoms with Crippen LogP contribution in [-0.4, -0.2) is 0 Å². The average Bonchev–Trinajstić information content (AvgIpc) is 2.98. The molecule has 0 aliphatic heterocycles. The molecule has 0 nitrogen and oxygen atoms in total. The molecule has 3 heteroatoms. The number of hydrogen-bond acceptors (Lipinski definition) is 0. The van der Waals surface area contributed by atoms with Gasteiger partial charge in [0.2, 0.25) is 0 Å². The maximum absolute atomic E-state index is 4.89. The fourth-order valence-corrected chi connectivity index (χ4v) is 1.73. The van der Waals surface area contributed by atoms with Crippen molar-refractivity contribution in [2.45, 2.75) is 34.6 Å². The topological polar surface area (TPSA) is 0 Å². The predicted octanol–water partition coefficient (Wildman–Crippen LogP) is 5.73. The smallest absolute Gasteiger partial charge is 0.748 e. The summed E-state index contributed by atoms with van der Waals surface area (Å²) in [5.74, 6) is 0. The van der Waals surface area contributed by atoms with Crippen molar-refractivity contribution < 1.29 is 17.0 Å². The van der Waals surface area contributed by atoms with Crippen LogP contribution in [0, 0.1) is 34.6 Å². The normalized spacial score (nSPS) is 8.83. The predicted molar refractivity (Wildman–Crippen MR) is 79.5 cm³/mol. The van der Waals surface area contributed by atoms with Crippen LogP contribution in [0.2, 0.25) is 0 Å². The number of rotatable bonds is 0. The van der Waals surface area contributed by atoms with Crippen LogP contribution in [0.25, 0.3) is 0 Å². The van der Waals surface area contributed by atoms with Gasteiger partial charge in [-0.15, -0.1) is 0 Å². The van der Waals surface area contributed by atoms with E-state index in [0.717, 1.165) is 0 Å². The summed E-state index contributed by atoms with van der Waals surface area (Å²) in [6.45, 7) is 11.0. The molecule has 0 atom stereocenters. The zero-order valence-electron chi connectivity index (χ0n) is 11.6. The molecule has 0 saturated heterocycles. The summed E-state index contributed by atoms with van der Waals surface area (Å²) in [5, 5.41) is 0. The van der Waals surface area contributed by atoms with Crippen LogP contribution in [0.3, 0.4) is 0 Å². The fourth-order valence-electron chi connectivity index (χ4n) is 1.73. The van der Waals surface area contributed by atoms with Gasteiger partial charge in [0, 0.05) is 0 Å². The first kappa shape index (κ1) is 18.0. The Morgan fingerprint density at radius 2 is 1.00 bits per heavy atom. The quantitative estimate of drug-likeness (QED) is 0.430. The van der Waals surface area contributed by atoms with E-state index >= 15 is 0 Å². The van der Waals surface area contributed by atoms with Gasteiger partial charge < -0.3 is 30.3 Å². The molecule has 2 rings (SSSR count). The Labute approximate surface area is 128 Å². The molecule has 0 aliphatic carbocycles. The summed E-state index contributed by atoms with van der Waals surface area (Å²) in [4.78, 5) is 0. The summed E-state index contributed by atoms with van der Waals surface area (Å²) in [7, 11) is 9.78. The molecular formula is C15H20Cl2Ti-6. The molecule has 0 aromatic heterocycles. The largest absolute Gasteiger partial charge is 0.748 e. The fraction of sp³-hybridized carbons (Fsp3) is 0.333. The molecular weight excluding hydrogens is 299 g/mol. The minimum atomic E-state index is -0.556. The molecule has 0 unspecified atom stereocenters. The van der Waals surface area contributed by atoms with Gasteiger partial charge in [0.1, 0.15) is 0 Å². The van der Waals surface area contributed by atoms with E-state index in [1.54, 1.807) is 0 Å². The van der Waals surface area contributed by atoms with E-state index in [2.05, 4.69) is 34.6 Å².